The van der Waals surface area contributed by atoms with Gasteiger partial charge in [0.1, 0.15) is 6.67 Å². The van der Waals surface area contributed by atoms with Crippen LogP contribution in [0.4, 0.5) is 4.39 Å². The van der Waals surface area contributed by atoms with E-state index in [1.54, 1.807) is 0 Å². The van der Waals surface area contributed by atoms with Crippen LogP contribution >= 0.6 is 0 Å². The molecule has 0 saturated carbocycles. The molecule has 3 nitrogen and oxygen atoms in total. The minimum Gasteiger partial charge on any atom is -0.489 e. The Morgan fingerprint density at radius 1 is 1.75 bits per heavy atom. The molecule has 1 unspecified atom stereocenters. The van der Waals surface area contributed by atoms with E-state index in [0.717, 1.165) is 6.42 Å². The second-order valence-corrected chi connectivity index (χ2v) is 2.55. The minimum atomic E-state index is -0.533. The molecule has 1 N–H and O–H groups in total. The Morgan fingerprint density at radius 3 is 3.17 bits per heavy atom. The zero-order chi connectivity index (χ0) is 8.81. The van der Waals surface area contributed by atoms with Gasteiger partial charge in [-0.3, -0.25) is 4.79 Å². The standard InChI is InChI=1S/C8H12FNO2/c9-4-5-10-8(11)7-3-1-2-6-12-7/h2,6-7H,1,3-5H2,(H,10,11). The molecule has 0 bridgehead atoms. The van der Waals surface area contributed by atoms with Crippen molar-refractivity contribution in [2.45, 2.75) is 18.9 Å². The summed E-state index contributed by atoms with van der Waals surface area (Å²) in [6.45, 7) is -0.462. The number of halogens is 1. The number of amides is 1. The first-order valence-corrected chi connectivity index (χ1v) is 3.98. The fourth-order valence-corrected chi connectivity index (χ4v) is 1.01. The minimum absolute atomic E-state index is 0.0718. The van der Waals surface area contributed by atoms with Gasteiger partial charge in [0.15, 0.2) is 6.10 Å². The van der Waals surface area contributed by atoms with Gasteiger partial charge >= 0.3 is 0 Å². The number of allylic oxidation sites excluding steroid dienone is 1. The summed E-state index contributed by atoms with van der Waals surface area (Å²) in [5, 5.41) is 2.43. The molecule has 1 aliphatic heterocycles. The Labute approximate surface area is 70.6 Å². The summed E-state index contributed by atoms with van der Waals surface area (Å²) in [5.74, 6) is -0.225. The Bertz CT molecular complexity index is 182. The van der Waals surface area contributed by atoms with Gasteiger partial charge in [-0.1, -0.05) is 0 Å². The van der Waals surface area contributed by atoms with Crippen molar-refractivity contribution in [1.29, 1.82) is 0 Å². The van der Waals surface area contributed by atoms with Crippen molar-refractivity contribution in [3.63, 3.8) is 0 Å². The Hall–Kier alpha value is -1.06. The largest absolute Gasteiger partial charge is 0.489 e. The van der Waals surface area contributed by atoms with Crippen LogP contribution in [-0.4, -0.2) is 25.2 Å². The van der Waals surface area contributed by atoms with Gasteiger partial charge in [0.05, 0.1) is 6.26 Å². The van der Waals surface area contributed by atoms with Crippen LogP contribution in [0.5, 0.6) is 0 Å². The van der Waals surface area contributed by atoms with Crippen LogP contribution in [0.2, 0.25) is 0 Å². The predicted molar refractivity (Wildman–Crippen MR) is 42.2 cm³/mol. The number of carbonyl (C=O) groups excluding carboxylic acids is 1. The molecule has 1 amide bonds. The number of nitrogens with one attached hydrogen (secondary N) is 1. The van der Waals surface area contributed by atoms with Crippen LogP contribution in [0.25, 0.3) is 0 Å². The van der Waals surface area contributed by atoms with Crippen LogP contribution < -0.4 is 5.32 Å². The molecule has 4 heteroatoms. The lowest BCUT2D eigenvalue weighted by molar-refractivity contribution is -0.130. The first kappa shape index (κ1) is 9.03. The molecule has 0 aliphatic carbocycles. The van der Waals surface area contributed by atoms with Gasteiger partial charge in [0.2, 0.25) is 0 Å². The third-order valence-corrected chi connectivity index (χ3v) is 1.62. The molecular formula is C8H12FNO2. The number of ether oxygens (including phenoxy) is 1. The van der Waals surface area contributed by atoms with Crippen molar-refractivity contribution >= 4 is 5.91 Å². The summed E-state index contributed by atoms with van der Waals surface area (Å²) in [7, 11) is 0. The molecule has 1 heterocycles. The van der Waals surface area contributed by atoms with Gasteiger partial charge in [-0.05, 0) is 18.9 Å². The maximum absolute atomic E-state index is 11.7. The maximum atomic E-state index is 11.7. The van der Waals surface area contributed by atoms with Gasteiger partial charge < -0.3 is 10.1 Å². The maximum Gasteiger partial charge on any atom is 0.261 e. The van der Waals surface area contributed by atoms with Crippen LogP contribution in [0.15, 0.2) is 12.3 Å². The molecule has 0 aromatic carbocycles. The first-order valence-electron chi connectivity index (χ1n) is 3.98. The third-order valence-electron chi connectivity index (χ3n) is 1.62. The van der Waals surface area contributed by atoms with E-state index in [1.165, 1.54) is 6.26 Å². The topological polar surface area (TPSA) is 38.3 Å². The molecule has 0 aromatic rings. The molecule has 1 aliphatic rings. The van der Waals surface area contributed by atoms with E-state index in [1.807, 2.05) is 6.08 Å². The van der Waals surface area contributed by atoms with Gasteiger partial charge in [0, 0.05) is 6.54 Å². The molecule has 1 rings (SSSR count). The van der Waals surface area contributed by atoms with Crippen molar-refractivity contribution in [2.75, 3.05) is 13.2 Å². The molecule has 0 saturated heterocycles. The highest BCUT2D eigenvalue weighted by Crippen LogP contribution is 2.09. The van der Waals surface area contributed by atoms with Crippen LogP contribution in [-0.2, 0) is 9.53 Å². The highest BCUT2D eigenvalue weighted by atomic mass is 19.1. The van der Waals surface area contributed by atoms with E-state index in [-0.39, 0.29) is 12.5 Å². The smallest absolute Gasteiger partial charge is 0.261 e. The number of carbonyl (C=O) groups is 1. The normalized spacial score (nSPS) is 21.6. The fourth-order valence-electron chi connectivity index (χ4n) is 1.01. The van der Waals surface area contributed by atoms with E-state index < -0.39 is 12.8 Å². The SMILES string of the molecule is O=C(NCCF)C1CCC=CO1. The van der Waals surface area contributed by atoms with Gasteiger partial charge in [-0.15, -0.1) is 0 Å². The summed E-state index contributed by atoms with van der Waals surface area (Å²) in [6, 6.07) is 0. The van der Waals surface area contributed by atoms with Crippen molar-refractivity contribution in [3.8, 4) is 0 Å². The van der Waals surface area contributed by atoms with Crippen LogP contribution in [0.1, 0.15) is 12.8 Å². The van der Waals surface area contributed by atoms with E-state index in [4.69, 9.17) is 4.74 Å². The van der Waals surface area contributed by atoms with Gasteiger partial charge in [-0.2, -0.15) is 0 Å². The van der Waals surface area contributed by atoms with Gasteiger partial charge in [0.25, 0.3) is 5.91 Å². The van der Waals surface area contributed by atoms with E-state index in [2.05, 4.69) is 5.32 Å². The third kappa shape index (κ3) is 2.53. The Morgan fingerprint density at radius 2 is 2.58 bits per heavy atom. The second kappa shape index (κ2) is 4.74. The summed E-state index contributed by atoms with van der Waals surface area (Å²) < 4.78 is 16.7. The molecule has 0 radical (unpaired) electrons. The van der Waals surface area contributed by atoms with Crippen LogP contribution in [0.3, 0.4) is 0 Å². The summed E-state index contributed by atoms with van der Waals surface area (Å²) in [5.41, 5.74) is 0. The number of hydrogen-bond donors (Lipinski definition) is 1. The monoisotopic (exact) mass is 173 g/mol. The van der Waals surface area contributed by atoms with Gasteiger partial charge in [-0.25, -0.2) is 4.39 Å². The Balaban J connectivity index is 2.26. The average Bonchev–Trinajstić information content (AvgIpc) is 2.15. The lowest BCUT2D eigenvalue weighted by Crippen LogP contribution is -2.37. The first-order chi connectivity index (χ1) is 5.84. The average molecular weight is 173 g/mol. The Kier molecular flexibility index (Phi) is 3.57. The summed E-state index contributed by atoms with van der Waals surface area (Å²) in [6.07, 6.45) is 4.46. The molecule has 1 atom stereocenters. The molecule has 12 heavy (non-hydrogen) atoms. The van der Waals surface area contributed by atoms with E-state index in [0.29, 0.717) is 6.42 Å². The van der Waals surface area contributed by atoms with Crippen molar-refractivity contribution in [1.82, 2.24) is 5.32 Å². The van der Waals surface area contributed by atoms with E-state index >= 15 is 0 Å². The van der Waals surface area contributed by atoms with Crippen LogP contribution in [0, 0.1) is 0 Å². The predicted octanol–water partition coefficient (Wildman–Crippen LogP) is 0.765. The molecule has 0 aromatic heterocycles. The number of alkyl halides is 1. The summed E-state index contributed by atoms with van der Waals surface area (Å²) in [4.78, 5) is 11.1. The number of hydrogen-bond acceptors (Lipinski definition) is 2. The zero-order valence-electron chi connectivity index (χ0n) is 6.75. The second-order valence-electron chi connectivity index (χ2n) is 2.55. The zero-order valence-corrected chi connectivity index (χ0v) is 6.75. The number of rotatable bonds is 3. The quantitative estimate of drug-likeness (QED) is 0.684. The molecule has 0 fully saturated rings. The highest BCUT2D eigenvalue weighted by molar-refractivity contribution is 5.80. The van der Waals surface area contributed by atoms with Crippen molar-refractivity contribution < 1.29 is 13.9 Å². The molecular weight excluding hydrogens is 161 g/mol. The molecule has 0 spiro atoms. The highest BCUT2D eigenvalue weighted by Gasteiger charge is 2.19. The molecule has 68 valence electrons. The summed E-state index contributed by atoms with van der Waals surface area (Å²) >= 11 is 0. The lowest BCUT2D eigenvalue weighted by Gasteiger charge is -2.17. The lowest BCUT2D eigenvalue weighted by atomic mass is 10.1. The van der Waals surface area contributed by atoms with Crippen molar-refractivity contribution in [3.05, 3.63) is 12.3 Å². The van der Waals surface area contributed by atoms with E-state index in [9.17, 15) is 9.18 Å². The fraction of sp³-hybridized carbons (Fsp3) is 0.625. The van der Waals surface area contributed by atoms with Crippen molar-refractivity contribution in [2.24, 2.45) is 0 Å².